The monoisotopic (exact) mass is 569 g/mol. The van der Waals surface area contributed by atoms with E-state index in [1.54, 1.807) is 25.6 Å². The molecule has 5 rings (SSSR count). The number of furan rings is 1. The van der Waals surface area contributed by atoms with Gasteiger partial charge in [0.2, 0.25) is 0 Å². The molecule has 3 aromatic rings. The maximum Gasteiger partial charge on any atom is 0.329 e. The number of aryl methyl sites for hydroxylation is 1. The van der Waals surface area contributed by atoms with Gasteiger partial charge in [-0.25, -0.2) is 9.18 Å². The van der Waals surface area contributed by atoms with Crippen LogP contribution in [0.15, 0.2) is 44.3 Å². The van der Waals surface area contributed by atoms with Gasteiger partial charge >= 0.3 is 5.97 Å². The minimum atomic E-state index is -0.876. The predicted molar refractivity (Wildman–Crippen MR) is 152 cm³/mol. The summed E-state index contributed by atoms with van der Waals surface area (Å²) in [5, 5.41) is 6.08. The molecule has 3 atom stereocenters. The molecule has 2 aliphatic rings. The maximum absolute atomic E-state index is 15.7. The molecule has 2 aliphatic heterocycles. The summed E-state index contributed by atoms with van der Waals surface area (Å²) >= 11 is 1.77. The zero-order chi connectivity index (χ0) is 28.6. The molecular formula is C29H32FN3O6S. The zero-order valence-corrected chi connectivity index (χ0v) is 23.4. The quantitative estimate of drug-likeness (QED) is 0.280. The summed E-state index contributed by atoms with van der Waals surface area (Å²) in [6.07, 6.45) is 2.64. The number of carbonyl (C=O) groups is 2. The van der Waals surface area contributed by atoms with Gasteiger partial charge in [0.1, 0.15) is 28.9 Å². The fourth-order valence-corrected chi connectivity index (χ4v) is 6.65. The smallest absolute Gasteiger partial charge is 0.329 e. The number of nitrogens with one attached hydrogen (secondary N) is 2. The van der Waals surface area contributed by atoms with E-state index in [0.717, 1.165) is 24.4 Å². The van der Waals surface area contributed by atoms with Crippen molar-refractivity contribution in [3.8, 4) is 0 Å². The van der Waals surface area contributed by atoms with Crippen LogP contribution in [0.1, 0.15) is 67.5 Å². The van der Waals surface area contributed by atoms with Gasteiger partial charge < -0.3 is 24.7 Å². The number of likely N-dealkylation sites (tertiary alicyclic amines) is 1. The van der Waals surface area contributed by atoms with Crippen LogP contribution in [0.4, 0.5) is 21.5 Å². The molecule has 2 saturated heterocycles. The van der Waals surface area contributed by atoms with Crippen molar-refractivity contribution in [2.24, 2.45) is 0 Å². The molecule has 3 heterocycles. The standard InChI is InChI=1S/C29H32FN3O6S/c1-15(2)38-29(37)19-9-5-13-33(19)28(36)17-7-4-8-18(22(17)30)31-24-25(27(35)26(24)34)32-23(21-10-6-14-40-21)20-12-11-16(3)39-20/h4,7-8,11-12,15,19,21,23,31-32H,5-6,9-10,13-14H2,1-3H3/t19-,21?,23?/m0/s1. The van der Waals surface area contributed by atoms with Gasteiger partial charge in [0.05, 0.1) is 23.4 Å². The van der Waals surface area contributed by atoms with Gasteiger partial charge in [0, 0.05) is 11.8 Å². The highest BCUT2D eigenvalue weighted by Crippen LogP contribution is 2.39. The third-order valence-electron chi connectivity index (χ3n) is 7.24. The number of carbonyl (C=O) groups excluding carboxylic acids is 2. The predicted octanol–water partition coefficient (Wildman–Crippen LogP) is 4.67. The first kappa shape index (κ1) is 27.9. The molecule has 0 saturated carbocycles. The molecule has 2 N–H and O–H groups in total. The Labute approximate surface area is 235 Å². The average molecular weight is 570 g/mol. The Morgan fingerprint density at radius 3 is 2.55 bits per heavy atom. The third-order valence-corrected chi connectivity index (χ3v) is 8.70. The lowest BCUT2D eigenvalue weighted by Gasteiger charge is -2.26. The van der Waals surface area contributed by atoms with Crippen molar-refractivity contribution in [2.75, 3.05) is 22.9 Å². The van der Waals surface area contributed by atoms with E-state index in [1.807, 2.05) is 19.1 Å². The van der Waals surface area contributed by atoms with Gasteiger partial charge in [-0.3, -0.25) is 14.4 Å². The van der Waals surface area contributed by atoms with Gasteiger partial charge in [-0.1, -0.05) is 6.07 Å². The highest BCUT2D eigenvalue weighted by atomic mass is 32.2. The van der Waals surface area contributed by atoms with Crippen molar-refractivity contribution >= 4 is 40.7 Å². The van der Waals surface area contributed by atoms with Crippen LogP contribution in [-0.2, 0) is 9.53 Å². The van der Waals surface area contributed by atoms with E-state index in [1.165, 1.54) is 23.1 Å². The van der Waals surface area contributed by atoms with E-state index in [9.17, 15) is 19.2 Å². The van der Waals surface area contributed by atoms with Crippen LogP contribution in [-0.4, -0.2) is 46.5 Å². The van der Waals surface area contributed by atoms with E-state index in [2.05, 4.69) is 10.6 Å². The number of anilines is 3. The van der Waals surface area contributed by atoms with E-state index in [4.69, 9.17) is 9.15 Å². The SMILES string of the molecule is Cc1ccc(C(Nc2c(Nc3cccc(C(=O)N4CCC[C@H]4C(=O)OC(C)C)c3F)c(=O)c2=O)C2CCCS2)o1. The molecule has 9 nitrogen and oxygen atoms in total. The first-order valence-corrected chi connectivity index (χ1v) is 14.5. The minimum absolute atomic E-state index is 0.0590. The molecular weight excluding hydrogens is 537 g/mol. The largest absolute Gasteiger partial charge is 0.464 e. The maximum atomic E-state index is 15.7. The Balaban J connectivity index is 1.39. The lowest BCUT2D eigenvalue weighted by molar-refractivity contribution is -0.152. The molecule has 0 bridgehead atoms. The van der Waals surface area contributed by atoms with Gasteiger partial charge in [-0.05, 0) is 76.5 Å². The molecule has 0 spiro atoms. The molecule has 1 aromatic heterocycles. The van der Waals surface area contributed by atoms with E-state index < -0.39 is 34.6 Å². The summed E-state index contributed by atoms with van der Waals surface area (Å²) in [5.41, 5.74) is -1.85. The summed E-state index contributed by atoms with van der Waals surface area (Å²) in [6, 6.07) is 6.77. The highest BCUT2D eigenvalue weighted by Gasteiger charge is 2.38. The fraction of sp³-hybridized carbons (Fsp3) is 0.448. The van der Waals surface area contributed by atoms with Crippen molar-refractivity contribution in [1.82, 2.24) is 4.90 Å². The topological polar surface area (TPSA) is 118 Å². The Bertz CT molecular complexity index is 1490. The summed E-state index contributed by atoms with van der Waals surface area (Å²) in [5.74, 6) is 0.341. The van der Waals surface area contributed by atoms with Crippen molar-refractivity contribution in [2.45, 2.75) is 69.9 Å². The van der Waals surface area contributed by atoms with Gasteiger partial charge in [-0.2, -0.15) is 11.8 Å². The lowest BCUT2D eigenvalue weighted by atomic mass is 10.0. The number of amides is 1. The minimum Gasteiger partial charge on any atom is -0.464 e. The Hall–Kier alpha value is -3.60. The second-order valence-electron chi connectivity index (χ2n) is 10.5. The first-order valence-electron chi connectivity index (χ1n) is 13.5. The molecule has 40 heavy (non-hydrogen) atoms. The van der Waals surface area contributed by atoms with Crippen LogP contribution in [0.2, 0.25) is 0 Å². The summed E-state index contributed by atoms with van der Waals surface area (Å²) < 4.78 is 26.8. The van der Waals surface area contributed by atoms with Crippen molar-refractivity contribution in [3.05, 3.63) is 73.7 Å². The Morgan fingerprint density at radius 1 is 1.10 bits per heavy atom. The van der Waals surface area contributed by atoms with E-state index in [-0.39, 0.29) is 40.0 Å². The number of benzene rings is 1. The Morgan fingerprint density at radius 2 is 1.88 bits per heavy atom. The lowest BCUT2D eigenvalue weighted by Crippen LogP contribution is -2.42. The second kappa shape index (κ2) is 11.5. The normalized spacial score (nSPS) is 19.8. The number of halogens is 1. The molecule has 2 fully saturated rings. The van der Waals surface area contributed by atoms with Crippen LogP contribution in [0, 0.1) is 12.7 Å². The average Bonchev–Trinajstić information content (AvgIpc) is 3.70. The van der Waals surface area contributed by atoms with Crippen LogP contribution in [0.25, 0.3) is 0 Å². The Kier molecular flexibility index (Phi) is 8.02. The molecule has 0 radical (unpaired) electrons. The summed E-state index contributed by atoms with van der Waals surface area (Å²) in [7, 11) is 0. The summed E-state index contributed by atoms with van der Waals surface area (Å²) in [6.45, 7) is 5.58. The highest BCUT2D eigenvalue weighted by molar-refractivity contribution is 8.00. The molecule has 212 valence electrons. The van der Waals surface area contributed by atoms with E-state index in [0.29, 0.717) is 25.1 Å². The number of thioether (sulfide) groups is 1. The number of rotatable bonds is 9. The molecule has 11 heteroatoms. The number of nitrogens with zero attached hydrogens (tertiary/aromatic N) is 1. The second-order valence-corrected chi connectivity index (χ2v) is 11.8. The van der Waals surface area contributed by atoms with Gasteiger partial charge in [0.15, 0.2) is 5.82 Å². The first-order chi connectivity index (χ1) is 19.2. The van der Waals surface area contributed by atoms with Crippen molar-refractivity contribution < 1.29 is 23.1 Å². The van der Waals surface area contributed by atoms with Gasteiger partial charge in [0.25, 0.3) is 16.8 Å². The number of hydrogen-bond donors (Lipinski definition) is 2. The van der Waals surface area contributed by atoms with Crippen LogP contribution in [0.5, 0.6) is 0 Å². The van der Waals surface area contributed by atoms with Crippen molar-refractivity contribution in [1.29, 1.82) is 0 Å². The zero-order valence-electron chi connectivity index (χ0n) is 22.6. The van der Waals surface area contributed by atoms with Crippen LogP contribution in [0.3, 0.4) is 0 Å². The number of hydrogen-bond acceptors (Lipinski definition) is 9. The molecule has 2 aromatic carbocycles. The summed E-state index contributed by atoms with van der Waals surface area (Å²) in [4.78, 5) is 52.4. The van der Waals surface area contributed by atoms with Crippen LogP contribution >= 0.6 is 11.8 Å². The number of esters is 1. The number of ether oxygens (including phenoxy) is 1. The molecule has 1 amide bonds. The molecule has 2 unspecified atom stereocenters. The van der Waals surface area contributed by atoms with Crippen LogP contribution < -0.4 is 21.5 Å². The third kappa shape index (κ3) is 5.39. The van der Waals surface area contributed by atoms with Gasteiger partial charge in [-0.15, -0.1) is 0 Å². The fourth-order valence-electron chi connectivity index (χ4n) is 5.29. The van der Waals surface area contributed by atoms with E-state index >= 15 is 4.39 Å². The molecule has 0 aliphatic carbocycles. The van der Waals surface area contributed by atoms with Crippen molar-refractivity contribution in [3.63, 3.8) is 0 Å².